The number of nitriles is 2. The highest BCUT2D eigenvalue weighted by molar-refractivity contribution is 5.97. The minimum atomic E-state index is -4.83. The third kappa shape index (κ3) is 4.40. The number of aliphatic hydroxyl groups is 1. The lowest BCUT2D eigenvalue weighted by atomic mass is 9.99. The van der Waals surface area contributed by atoms with Crippen molar-refractivity contribution in [2.24, 2.45) is 0 Å². The summed E-state index contributed by atoms with van der Waals surface area (Å²) in [6.45, 7) is 1.19. The summed E-state index contributed by atoms with van der Waals surface area (Å²) in [6.07, 6.45) is -1.45. The van der Waals surface area contributed by atoms with Crippen LogP contribution in [0.1, 0.15) is 30.2 Å². The average Bonchev–Trinajstić information content (AvgIpc) is 3.08. The summed E-state index contributed by atoms with van der Waals surface area (Å²) in [5, 5.41) is 34.1. The molecule has 1 amide bonds. The van der Waals surface area contributed by atoms with E-state index in [9.17, 15) is 23.1 Å². The first-order chi connectivity index (χ1) is 12.6. The molecule has 0 aliphatic heterocycles. The number of alkyl halides is 3. The largest absolute Gasteiger partial charge is 0.419 e. The van der Waals surface area contributed by atoms with Gasteiger partial charge < -0.3 is 10.4 Å². The van der Waals surface area contributed by atoms with Crippen LogP contribution < -0.4 is 5.32 Å². The van der Waals surface area contributed by atoms with E-state index < -0.39 is 28.9 Å². The van der Waals surface area contributed by atoms with Crippen molar-refractivity contribution in [1.82, 2.24) is 14.8 Å². The molecule has 11 heteroatoms. The lowest BCUT2D eigenvalue weighted by molar-refractivity contribution is -0.138. The molecule has 2 heterocycles. The highest BCUT2D eigenvalue weighted by atomic mass is 19.4. The third-order valence-corrected chi connectivity index (χ3v) is 3.75. The number of nitrogens with zero attached hydrogens (tertiary/aromatic N) is 5. The van der Waals surface area contributed by atoms with E-state index in [-0.39, 0.29) is 24.2 Å². The van der Waals surface area contributed by atoms with Crippen LogP contribution in [0.5, 0.6) is 0 Å². The van der Waals surface area contributed by atoms with Gasteiger partial charge in [0.05, 0.1) is 35.8 Å². The van der Waals surface area contributed by atoms with Gasteiger partial charge in [0.2, 0.25) is 0 Å². The first-order valence-corrected chi connectivity index (χ1v) is 7.56. The van der Waals surface area contributed by atoms with Crippen LogP contribution in [0.3, 0.4) is 0 Å². The van der Waals surface area contributed by atoms with Crippen LogP contribution in [-0.2, 0) is 17.5 Å². The predicted octanol–water partition coefficient (Wildman–Crippen LogP) is 1.82. The molecule has 140 valence electrons. The summed E-state index contributed by atoms with van der Waals surface area (Å²) in [4.78, 5) is 15.8. The summed E-state index contributed by atoms with van der Waals surface area (Å²) in [7, 11) is 0. The Balaban J connectivity index is 2.26. The molecule has 0 aromatic carbocycles. The van der Waals surface area contributed by atoms with Crippen LogP contribution in [-0.4, -0.2) is 31.4 Å². The Kier molecular flexibility index (Phi) is 5.47. The molecule has 0 aliphatic rings. The Labute approximate surface area is 151 Å². The Bertz CT molecular complexity index is 941. The number of carbonyl (C=O) groups excluding carboxylic acids is 1. The molecule has 0 saturated carbocycles. The molecule has 1 atom stereocenters. The number of rotatable bonds is 5. The van der Waals surface area contributed by atoms with Crippen molar-refractivity contribution in [2.75, 3.05) is 5.32 Å². The van der Waals surface area contributed by atoms with Gasteiger partial charge in [0.1, 0.15) is 12.1 Å². The first-order valence-electron chi connectivity index (χ1n) is 7.56. The van der Waals surface area contributed by atoms with Crippen LogP contribution in [0, 0.1) is 22.7 Å². The minimum absolute atomic E-state index is 0.0730. The van der Waals surface area contributed by atoms with E-state index in [4.69, 9.17) is 10.5 Å². The Hall–Kier alpha value is -3.44. The van der Waals surface area contributed by atoms with Crippen LogP contribution in [0.25, 0.3) is 0 Å². The molecule has 0 aliphatic carbocycles. The van der Waals surface area contributed by atoms with Gasteiger partial charge in [-0.1, -0.05) is 6.92 Å². The molecule has 0 bridgehead atoms. The van der Waals surface area contributed by atoms with E-state index in [1.54, 1.807) is 0 Å². The number of halogens is 3. The molecule has 0 radical (unpaired) electrons. The van der Waals surface area contributed by atoms with Crippen molar-refractivity contribution < 1.29 is 23.1 Å². The van der Waals surface area contributed by atoms with Gasteiger partial charge in [-0.15, -0.1) is 0 Å². The van der Waals surface area contributed by atoms with Crippen LogP contribution in [0.2, 0.25) is 0 Å². The normalized spacial score (nSPS) is 13.3. The Morgan fingerprint density at radius 3 is 2.56 bits per heavy atom. The maximum Gasteiger partial charge on any atom is 0.419 e. The maximum atomic E-state index is 13.0. The van der Waals surface area contributed by atoms with Gasteiger partial charge in [0, 0.05) is 6.20 Å². The monoisotopic (exact) mass is 378 g/mol. The Morgan fingerprint density at radius 2 is 2.04 bits per heavy atom. The molecule has 0 saturated heterocycles. The SMILES string of the molecule is CC[C@](O)(Cn1cc(C#N)cn1)C(=O)Nc1cnc(C#N)c(C(F)(F)F)c1. The zero-order valence-electron chi connectivity index (χ0n) is 13.9. The molecule has 2 N–H and O–H groups in total. The summed E-state index contributed by atoms with van der Waals surface area (Å²) < 4.78 is 40.1. The number of amides is 1. The number of anilines is 1. The van der Waals surface area contributed by atoms with E-state index in [0.717, 1.165) is 6.20 Å². The molecule has 2 rings (SSSR count). The average molecular weight is 378 g/mol. The molecule has 2 aromatic heterocycles. The standard InChI is InChI=1S/C16H13F3N6O2/c1-2-15(27,9-25-8-10(4-20)6-23-25)14(26)24-11-3-12(16(17,18)19)13(5-21)22-7-11/h3,6-8,27H,2,9H2,1H3,(H,24,26)/t15-/m0/s1. The number of hydrogen-bond acceptors (Lipinski definition) is 6. The quantitative estimate of drug-likeness (QED) is 0.817. The van der Waals surface area contributed by atoms with Gasteiger partial charge in [0.25, 0.3) is 5.91 Å². The highest BCUT2D eigenvalue weighted by Gasteiger charge is 2.37. The molecule has 8 nitrogen and oxygen atoms in total. The fraction of sp³-hybridized carbons (Fsp3) is 0.312. The van der Waals surface area contributed by atoms with Gasteiger partial charge in [-0.05, 0) is 12.5 Å². The number of hydrogen-bond donors (Lipinski definition) is 2. The Morgan fingerprint density at radius 1 is 1.33 bits per heavy atom. The highest BCUT2D eigenvalue weighted by Crippen LogP contribution is 2.32. The van der Waals surface area contributed by atoms with Crippen molar-refractivity contribution in [2.45, 2.75) is 31.7 Å². The number of carbonyl (C=O) groups is 1. The molecule has 27 heavy (non-hydrogen) atoms. The lowest BCUT2D eigenvalue weighted by Gasteiger charge is -2.25. The topological polar surface area (TPSA) is 128 Å². The van der Waals surface area contributed by atoms with Crippen LogP contribution in [0.4, 0.5) is 18.9 Å². The smallest absolute Gasteiger partial charge is 0.378 e. The van der Waals surface area contributed by atoms with Crippen molar-refractivity contribution in [3.05, 3.63) is 41.5 Å². The molecule has 0 spiro atoms. The van der Waals surface area contributed by atoms with Gasteiger partial charge in [-0.3, -0.25) is 9.48 Å². The van der Waals surface area contributed by atoms with Crippen molar-refractivity contribution in [1.29, 1.82) is 10.5 Å². The number of pyridine rings is 1. The second kappa shape index (κ2) is 7.43. The van der Waals surface area contributed by atoms with Gasteiger partial charge in [0.15, 0.2) is 11.3 Å². The van der Waals surface area contributed by atoms with E-state index in [2.05, 4.69) is 15.4 Å². The summed E-state index contributed by atoms with van der Waals surface area (Å²) in [6, 6.07) is 3.75. The van der Waals surface area contributed by atoms with E-state index in [0.29, 0.717) is 6.07 Å². The van der Waals surface area contributed by atoms with Crippen molar-refractivity contribution in [3.8, 4) is 12.1 Å². The van der Waals surface area contributed by atoms with Crippen LogP contribution >= 0.6 is 0 Å². The van der Waals surface area contributed by atoms with E-state index >= 15 is 0 Å². The summed E-state index contributed by atoms with van der Waals surface area (Å²) in [5.74, 6) is -0.973. The number of nitrogens with one attached hydrogen (secondary N) is 1. The summed E-state index contributed by atoms with van der Waals surface area (Å²) >= 11 is 0. The van der Waals surface area contributed by atoms with Crippen molar-refractivity contribution in [3.63, 3.8) is 0 Å². The zero-order valence-corrected chi connectivity index (χ0v) is 13.9. The zero-order chi connectivity index (χ0) is 20.2. The first kappa shape index (κ1) is 19.9. The van der Waals surface area contributed by atoms with Crippen LogP contribution in [0.15, 0.2) is 24.7 Å². The second-order valence-corrected chi connectivity index (χ2v) is 5.61. The van der Waals surface area contributed by atoms with E-state index in [1.165, 1.54) is 30.1 Å². The second-order valence-electron chi connectivity index (χ2n) is 5.61. The van der Waals surface area contributed by atoms with Crippen molar-refractivity contribution >= 4 is 11.6 Å². The minimum Gasteiger partial charge on any atom is -0.378 e. The summed E-state index contributed by atoms with van der Waals surface area (Å²) in [5.41, 5.74) is -4.22. The third-order valence-electron chi connectivity index (χ3n) is 3.75. The van der Waals surface area contributed by atoms with Gasteiger partial charge in [-0.2, -0.15) is 28.8 Å². The fourth-order valence-electron chi connectivity index (χ4n) is 2.21. The van der Waals surface area contributed by atoms with E-state index in [1.807, 2.05) is 6.07 Å². The lowest BCUT2D eigenvalue weighted by Crippen LogP contribution is -2.46. The van der Waals surface area contributed by atoms with Gasteiger partial charge in [-0.25, -0.2) is 4.98 Å². The molecular formula is C16H13F3N6O2. The predicted molar refractivity (Wildman–Crippen MR) is 84.8 cm³/mol. The molecule has 0 unspecified atom stereocenters. The number of aromatic nitrogens is 3. The molecular weight excluding hydrogens is 365 g/mol. The fourth-order valence-corrected chi connectivity index (χ4v) is 2.21. The van der Waals surface area contributed by atoms with Gasteiger partial charge >= 0.3 is 6.18 Å². The molecule has 2 aromatic rings. The maximum absolute atomic E-state index is 13.0. The molecule has 0 fully saturated rings.